The first-order chi connectivity index (χ1) is 14.3. The Morgan fingerprint density at radius 1 is 1.03 bits per heavy atom. The van der Waals surface area contributed by atoms with E-state index in [-0.39, 0.29) is 0 Å². The van der Waals surface area contributed by atoms with Gasteiger partial charge in [0.05, 0.1) is 0 Å². The van der Waals surface area contributed by atoms with E-state index < -0.39 is 11.9 Å². The van der Waals surface area contributed by atoms with Crippen LogP contribution in [-0.2, 0) is 16.1 Å². The summed E-state index contributed by atoms with van der Waals surface area (Å²) in [7, 11) is 0. The van der Waals surface area contributed by atoms with E-state index in [1.165, 1.54) is 35.7 Å². The second kappa shape index (κ2) is 12.1. The van der Waals surface area contributed by atoms with Gasteiger partial charge in [-0.2, -0.15) is 0 Å². The highest BCUT2D eigenvalue weighted by Gasteiger charge is 2.21. The Kier molecular flexibility index (Phi) is 9.51. The summed E-state index contributed by atoms with van der Waals surface area (Å²) in [5, 5.41) is 21.8. The predicted octanol–water partition coefficient (Wildman–Crippen LogP) is 3.76. The highest BCUT2D eigenvalue weighted by molar-refractivity contribution is 5.89. The highest BCUT2D eigenvalue weighted by Crippen LogP contribution is 2.21. The van der Waals surface area contributed by atoms with E-state index in [9.17, 15) is 9.59 Å². The van der Waals surface area contributed by atoms with Gasteiger partial charge in [0.15, 0.2) is 0 Å². The third-order valence-corrected chi connectivity index (χ3v) is 4.99. The summed E-state index contributed by atoms with van der Waals surface area (Å²) in [4.78, 5) is 21.8. The van der Waals surface area contributed by atoms with Gasteiger partial charge in [-0.25, -0.2) is 9.59 Å². The third-order valence-electron chi connectivity index (χ3n) is 4.99. The number of carbonyl (C=O) groups is 2. The molecule has 0 aliphatic carbocycles. The zero-order chi connectivity index (χ0) is 21.9. The van der Waals surface area contributed by atoms with Crippen LogP contribution in [-0.4, -0.2) is 52.7 Å². The first-order valence-corrected chi connectivity index (χ1v) is 10.4. The van der Waals surface area contributed by atoms with Crippen molar-refractivity contribution in [2.75, 3.05) is 19.6 Å². The minimum Gasteiger partial charge on any atom is -0.478 e. The minimum absolute atomic E-state index is 0.558. The summed E-state index contributed by atoms with van der Waals surface area (Å²) in [6.45, 7) is 9.25. The van der Waals surface area contributed by atoms with Gasteiger partial charge in [0.1, 0.15) is 0 Å². The molecule has 3 N–H and O–H groups in total. The number of benzene rings is 2. The zero-order valence-corrected chi connectivity index (χ0v) is 17.8. The van der Waals surface area contributed by atoms with Crippen molar-refractivity contribution in [2.45, 2.75) is 39.3 Å². The van der Waals surface area contributed by atoms with Gasteiger partial charge in [0, 0.05) is 31.3 Å². The molecule has 0 saturated carbocycles. The lowest BCUT2D eigenvalue weighted by atomic mass is 10.0. The first-order valence-electron chi connectivity index (χ1n) is 10.4. The van der Waals surface area contributed by atoms with Crippen LogP contribution in [0.1, 0.15) is 32.3 Å². The van der Waals surface area contributed by atoms with E-state index in [4.69, 9.17) is 10.2 Å². The summed E-state index contributed by atoms with van der Waals surface area (Å²) >= 11 is 0. The molecule has 6 nitrogen and oxygen atoms in total. The molecule has 1 heterocycles. The molecule has 30 heavy (non-hydrogen) atoms. The van der Waals surface area contributed by atoms with Crippen LogP contribution in [0.25, 0.3) is 10.8 Å². The van der Waals surface area contributed by atoms with Crippen LogP contribution < -0.4 is 5.32 Å². The van der Waals surface area contributed by atoms with Gasteiger partial charge < -0.3 is 15.5 Å². The molecule has 1 aliphatic rings. The number of aliphatic carboxylic acids is 2. The Labute approximate surface area is 178 Å². The molecule has 2 aromatic carbocycles. The highest BCUT2D eigenvalue weighted by atomic mass is 16.4. The van der Waals surface area contributed by atoms with Crippen molar-refractivity contribution in [3.8, 4) is 0 Å². The maximum absolute atomic E-state index is 9.55. The molecule has 6 heteroatoms. The van der Waals surface area contributed by atoms with E-state index in [2.05, 4.69) is 66.5 Å². The molecule has 0 spiro atoms. The number of rotatable bonds is 7. The van der Waals surface area contributed by atoms with Gasteiger partial charge in [-0.15, -0.1) is 0 Å². The molecular formula is C24H32N2O4. The van der Waals surface area contributed by atoms with Crippen LogP contribution in [0.3, 0.4) is 0 Å². The van der Waals surface area contributed by atoms with Crippen LogP contribution in [0.15, 0.2) is 54.6 Å². The molecule has 162 valence electrons. The Bertz CT molecular complexity index is 841. The number of nitrogens with zero attached hydrogens (tertiary/aromatic N) is 1. The lowest BCUT2D eigenvalue weighted by molar-refractivity contribution is -0.134. The first kappa shape index (κ1) is 23.6. The molecule has 0 radical (unpaired) electrons. The van der Waals surface area contributed by atoms with Crippen molar-refractivity contribution >= 4 is 22.7 Å². The maximum atomic E-state index is 9.55. The Hall–Kier alpha value is -2.70. The zero-order valence-electron chi connectivity index (χ0n) is 17.8. The fourth-order valence-electron chi connectivity index (χ4n) is 3.70. The SMILES string of the molecule is CC(C)CN(Cc1ccc2ccccc2c1)C1CCNCC1.O=C(O)/C=C/C(=O)O. The molecule has 0 bridgehead atoms. The van der Waals surface area contributed by atoms with Crippen LogP contribution in [0.5, 0.6) is 0 Å². The molecule has 0 aromatic heterocycles. The molecule has 0 atom stereocenters. The Morgan fingerprint density at radius 3 is 2.20 bits per heavy atom. The number of nitrogens with one attached hydrogen (secondary N) is 1. The maximum Gasteiger partial charge on any atom is 0.328 e. The fraction of sp³-hybridized carbons (Fsp3) is 0.417. The van der Waals surface area contributed by atoms with Gasteiger partial charge >= 0.3 is 11.9 Å². The van der Waals surface area contributed by atoms with Crippen LogP contribution in [0.4, 0.5) is 0 Å². The number of carboxylic acid groups (broad SMARTS) is 2. The molecule has 1 aliphatic heterocycles. The number of hydrogen-bond donors (Lipinski definition) is 3. The van der Waals surface area contributed by atoms with E-state index in [1.807, 2.05) is 0 Å². The predicted molar refractivity (Wildman–Crippen MR) is 119 cm³/mol. The lowest BCUT2D eigenvalue weighted by Crippen LogP contribution is -2.44. The van der Waals surface area contributed by atoms with Crippen molar-refractivity contribution in [1.82, 2.24) is 10.2 Å². The standard InChI is InChI=1S/C20H28N2.C4H4O4/c1-16(2)14-22(20-9-11-21-12-10-20)15-17-7-8-18-5-3-4-6-19(18)13-17;5-3(6)1-2-4(7)8/h3-8,13,16,20-21H,9-12,14-15H2,1-2H3;1-2H,(H,5,6)(H,7,8)/b;2-1+. The largest absolute Gasteiger partial charge is 0.478 e. The number of carboxylic acids is 2. The average Bonchev–Trinajstić information content (AvgIpc) is 2.72. The van der Waals surface area contributed by atoms with Crippen molar-refractivity contribution in [3.63, 3.8) is 0 Å². The second-order valence-electron chi connectivity index (χ2n) is 8.00. The number of fused-ring (bicyclic) bond motifs is 1. The summed E-state index contributed by atoms with van der Waals surface area (Å²) in [6.07, 6.45) is 3.67. The minimum atomic E-state index is -1.26. The summed E-state index contributed by atoms with van der Waals surface area (Å²) in [5.41, 5.74) is 1.44. The van der Waals surface area contributed by atoms with Gasteiger partial charge in [-0.1, -0.05) is 50.2 Å². The van der Waals surface area contributed by atoms with Crippen molar-refractivity contribution in [1.29, 1.82) is 0 Å². The molecule has 0 unspecified atom stereocenters. The van der Waals surface area contributed by atoms with Gasteiger partial charge in [-0.3, -0.25) is 4.90 Å². The van der Waals surface area contributed by atoms with E-state index in [0.717, 1.165) is 31.6 Å². The van der Waals surface area contributed by atoms with Crippen LogP contribution >= 0.6 is 0 Å². The van der Waals surface area contributed by atoms with Crippen molar-refractivity contribution in [3.05, 3.63) is 60.2 Å². The molecule has 1 saturated heterocycles. The quantitative estimate of drug-likeness (QED) is 0.600. The summed E-state index contributed by atoms with van der Waals surface area (Å²) in [5.74, 6) is -1.80. The smallest absolute Gasteiger partial charge is 0.328 e. The topological polar surface area (TPSA) is 89.9 Å². The van der Waals surface area contributed by atoms with E-state index in [0.29, 0.717) is 12.2 Å². The molecule has 1 fully saturated rings. The molecule has 3 rings (SSSR count). The van der Waals surface area contributed by atoms with E-state index in [1.54, 1.807) is 0 Å². The molecule has 2 aromatic rings. The van der Waals surface area contributed by atoms with Crippen LogP contribution in [0, 0.1) is 5.92 Å². The van der Waals surface area contributed by atoms with Gasteiger partial charge in [-0.05, 0) is 54.3 Å². The normalized spacial score (nSPS) is 14.8. The average molecular weight is 413 g/mol. The Morgan fingerprint density at radius 2 is 1.63 bits per heavy atom. The van der Waals surface area contributed by atoms with Crippen molar-refractivity contribution in [2.24, 2.45) is 5.92 Å². The van der Waals surface area contributed by atoms with E-state index >= 15 is 0 Å². The number of piperidine rings is 1. The molecular weight excluding hydrogens is 380 g/mol. The molecule has 0 amide bonds. The summed E-state index contributed by atoms with van der Waals surface area (Å²) < 4.78 is 0. The summed E-state index contributed by atoms with van der Waals surface area (Å²) in [6, 6.07) is 16.3. The number of hydrogen-bond acceptors (Lipinski definition) is 4. The lowest BCUT2D eigenvalue weighted by Gasteiger charge is -2.36. The second-order valence-corrected chi connectivity index (χ2v) is 8.00. The van der Waals surface area contributed by atoms with Gasteiger partial charge in [0.2, 0.25) is 0 Å². The van der Waals surface area contributed by atoms with Crippen molar-refractivity contribution < 1.29 is 19.8 Å². The Balaban J connectivity index is 0.000000343. The van der Waals surface area contributed by atoms with Gasteiger partial charge in [0.25, 0.3) is 0 Å². The fourth-order valence-corrected chi connectivity index (χ4v) is 3.70. The monoisotopic (exact) mass is 412 g/mol. The third kappa shape index (κ3) is 8.35. The van der Waals surface area contributed by atoms with Crippen LogP contribution in [0.2, 0.25) is 0 Å².